The maximum absolute atomic E-state index is 13.6. The van der Waals surface area contributed by atoms with E-state index in [1.807, 2.05) is 35.9 Å². The lowest BCUT2D eigenvalue weighted by Crippen LogP contribution is -2.27. The monoisotopic (exact) mass is 408 g/mol. The molecule has 1 amide bonds. The Hall–Kier alpha value is -3.35. The van der Waals surface area contributed by atoms with Gasteiger partial charge in [-0.15, -0.1) is 0 Å². The van der Waals surface area contributed by atoms with Gasteiger partial charge in [0, 0.05) is 30.5 Å². The summed E-state index contributed by atoms with van der Waals surface area (Å²) in [5.41, 5.74) is 3.25. The van der Waals surface area contributed by atoms with Gasteiger partial charge in [-0.05, 0) is 37.1 Å². The van der Waals surface area contributed by atoms with Crippen LogP contribution in [-0.2, 0) is 11.3 Å². The van der Waals surface area contributed by atoms with Crippen LogP contribution in [0.5, 0.6) is 0 Å². The number of aryl methyl sites for hydroxylation is 1. The number of aromatic nitrogens is 2. The second-order valence-corrected chi connectivity index (χ2v) is 7.50. The summed E-state index contributed by atoms with van der Waals surface area (Å²) in [5.74, 6) is -1.54. The Morgan fingerprint density at radius 1 is 1.17 bits per heavy atom. The Morgan fingerprint density at radius 2 is 1.90 bits per heavy atom. The quantitative estimate of drug-likeness (QED) is 0.544. The van der Waals surface area contributed by atoms with Gasteiger partial charge in [0.1, 0.15) is 11.6 Å². The van der Waals surface area contributed by atoms with Crippen molar-refractivity contribution in [2.24, 2.45) is 5.10 Å². The van der Waals surface area contributed by atoms with Gasteiger partial charge in [0.2, 0.25) is 5.91 Å². The van der Waals surface area contributed by atoms with Crippen LogP contribution >= 0.6 is 0 Å². The molecule has 0 aliphatic carbocycles. The number of para-hydroxylation sites is 1. The number of fused-ring (bicyclic) bond motifs is 1. The molecule has 0 fully saturated rings. The average Bonchev–Trinajstić information content (AvgIpc) is 3.31. The number of benzene rings is 2. The molecule has 2 aromatic carbocycles. The van der Waals surface area contributed by atoms with Gasteiger partial charge in [-0.1, -0.05) is 30.4 Å². The lowest BCUT2D eigenvalue weighted by molar-refractivity contribution is -0.133. The summed E-state index contributed by atoms with van der Waals surface area (Å²) < 4.78 is 29.1. The lowest BCUT2D eigenvalue weighted by atomic mass is 10.0. The summed E-state index contributed by atoms with van der Waals surface area (Å²) in [6, 6.07) is 10.8. The zero-order chi connectivity index (χ0) is 21.3. The highest BCUT2D eigenvalue weighted by Gasteiger charge is 2.28. The zero-order valence-corrected chi connectivity index (χ0v) is 16.7. The molecule has 3 aromatic rings. The summed E-state index contributed by atoms with van der Waals surface area (Å²) in [4.78, 5) is 12.7. The van der Waals surface area contributed by atoms with Crippen LogP contribution in [0.15, 0.2) is 59.7 Å². The number of nitrogens with zero attached hydrogens (tertiary/aromatic N) is 4. The van der Waals surface area contributed by atoms with Crippen molar-refractivity contribution in [2.45, 2.75) is 38.8 Å². The number of hydrazone groups is 1. The van der Waals surface area contributed by atoms with Crippen molar-refractivity contribution >= 4 is 23.0 Å². The molecule has 1 aliphatic rings. The van der Waals surface area contributed by atoms with E-state index >= 15 is 0 Å². The smallest absolute Gasteiger partial charge is 0.243 e. The Balaban J connectivity index is 1.40. The predicted octanol–water partition coefficient (Wildman–Crippen LogP) is 4.92. The number of rotatable bonds is 6. The molecule has 2 heterocycles. The van der Waals surface area contributed by atoms with E-state index in [2.05, 4.69) is 16.8 Å². The van der Waals surface area contributed by atoms with Crippen molar-refractivity contribution in [3.8, 4) is 0 Å². The highest BCUT2D eigenvalue weighted by atomic mass is 19.1. The fraction of sp³-hybridized carbons (Fsp3) is 0.261. The summed E-state index contributed by atoms with van der Waals surface area (Å²) >= 11 is 0. The molecule has 4 rings (SSSR count). The third-order valence-electron chi connectivity index (χ3n) is 5.26. The van der Waals surface area contributed by atoms with Crippen molar-refractivity contribution in [1.29, 1.82) is 0 Å². The van der Waals surface area contributed by atoms with Crippen LogP contribution < -0.4 is 0 Å². The second kappa shape index (κ2) is 8.18. The van der Waals surface area contributed by atoms with E-state index in [0.717, 1.165) is 28.2 Å². The van der Waals surface area contributed by atoms with Crippen LogP contribution in [-0.4, -0.2) is 26.9 Å². The van der Waals surface area contributed by atoms with Crippen molar-refractivity contribution in [2.75, 3.05) is 0 Å². The molecule has 1 aliphatic heterocycles. The van der Waals surface area contributed by atoms with E-state index in [1.165, 1.54) is 17.1 Å². The number of hydrogen-bond acceptors (Lipinski definition) is 3. The molecule has 0 spiro atoms. The van der Waals surface area contributed by atoms with Gasteiger partial charge in [-0.2, -0.15) is 10.2 Å². The van der Waals surface area contributed by atoms with Crippen LogP contribution in [0.1, 0.15) is 36.6 Å². The van der Waals surface area contributed by atoms with E-state index in [4.69, 9.17) is 0 Å². The Bertz CT molecular complexity index is 1130. The molecule has 0 N–H and O–H groups in total. The van der Waals surface area contributed by atoms with E-state index in [1.54, 1.807) is 6.21 Å². The predicted molar refractivity (Wildman–Crippen MR) is 112 cm³/mol. The SMILES string of the molecule is C=C(CCC(=O)N1N=CCC1c1cc(F)cc(F)c1)Cn1nc(C)c2ccccc21. The maximum Gasteiger partial charge on any atom is 0.243 e. The number of halogens is 2. The van der Waals surface area contributed by atoms with Crippen LogP contribution in [0.3, 0.4) is 0 Å². The third-order valence-corrected chi connectivity index (χ3v) is 5.26. The number of carbonyl (C=O) groups excluding carboxylic acids is 1. The van der Waals surface area contributed by atoms with Crippen molar-refractivity contribution in [3.63, 3.8) is 0 Å². The summed E-state index contributed by atoms with van der Waals surface area (Å²) in [5, 5.41) is 11.1. The largest absolute Gasteiger partial charge is 0.273 e. The number of amides is 1. The maximum atomic E-state index is 13.6. The van der Waals surface area contributed by atoms with Gasteiger partial charge in [0.05, 0.1) is 23.8 Å². The molecule has 1 unspecified atom stereocenters. The molecule has 7 heteroatoms. The average molecular weight is 408 g/mol. The highest BCUT2D eigenvalue weighted by molar-refractivity contribution is 5.82. The van der Waals surface area contributed by atoms with Crippen molar-refractivity contribution in [1.82, 2.24) is 14.8 Å². The molecule has 1 aromatic heterocycles. The lowest BCUT2D eigenvalue weighted by Gasteiger charge is -2.22. The number of hydrogen-bond donors (Lipinski definition) is 0. The van der Waals surface area contributed by atoms with Gasteiger partial charge in [-0.3, -0.25) is 9.48 Å². The van der Waals surface area contributed by atoms with Crippen molar-refractivity contribution in [3.05, 3.63) is 77.5 Å². The molecule has 0 saturated carbocycles. The van der Waals surface area contributed by atoms with Crippen LogP contribution in [0.4, 0.5) is 8.78 Å². The minimum absolute atomic E-state index is 0.207. The number of allylic oxidation sites excluding steroid dienone is 1. The fourth-order valence-corrected chi connectivity index (χ4v) is 3.80. The minimum atomic E-state index is -0.667. The first-order valence-corrected chi connectivity index (χ1v) is 9.81. The first-order chi connectivity index (χ1) is 14.4. The molecule has 0 saturated heterocycles. The van der Waals surface area contributed by atoms with Crippen LogP contribution in [0.2, 0.25) is 0 Å². The summed E-state index contributed by atoms with van der Waals surface area (Å²) in [6.07, 6.45) is 2.71. The highest BCUT2D eigenvalue weighted by Crippen LogP contribution is 2.30. The third kappa shape index (κ3) is 4.01. The van der Waals surface area contributed by atoms with E-state index in [0.29, 0.717) is 24.9 Å². The summed E-state index contributed by atoms with van der Waals surface area (Å²) in [6.45, 7) is 6.58. The van der Waals surface area contributed by atoms with Crippen LogP contribution in [0, 0.1) is 18.6 Å². The fourth-order valence-electron chi connectivity index (χ4n) is 3.80. The Kier molecular flexibility index (Phi) is 5.44. The van der Waals surface area contributed by atoms with Gasteiger partial charge in [-0.25, -0.2) is 13.8 Å². The van der Waals surface area contributed by atoms with Crippen LogP contribution in [0.25, 0.3) is 10.9 Å². The Morgan fingerprint density at radius 3 is 2.67 bits per heavy atom. The first-order valence-electron chi connectivity index (χ1n) is 9.81. The van der Waals surface area contributed by atoms with Gasteiger partial charge >= 0.3 is 0 Å². The first kappa shape index (κ1) is 19.9. The van der Waals surface area contributed by atoms with E-state index in [-0.39, 0.29) is 12.3 Å². The van der Waals surface area contributed by atoms with Gasteiger partial charge in [0.15, 0.2) is 0 Å². The normalized spacial score (nSPS) is 15.8. The topological polar surface area (TPSA) is 50.5 Å². The zero-order valence-electron chi connectivity index (χ0n) is 16.7. The molecule has 1 atom stereocenters. The van der Waals surface area contributed by atoms with E-state index in [9.17, 15) is 13.6 Å². The molecular weight excluding hydrogens is 386 g/mol. The minimum Gasteiger partial charge on any atom is -0.273 e. The summed E-state index contributed by atoms with van der Waals surface area (Å²) in [7, 11) is 0. The molecule has 0 radical (unpaired) electrons. The second-order valence-electron chi connectivity index (χ2n) is 7.50. The van der Waals surface area contributed by atoms with Gasteiger partial charge < -0.3 is 0 Å². The standard InChI is InChI=1S/C23H22F2N4O/c1-15(14-28-22-6-4-3-5-20(22)16(2)27-28)7-8-23(30)29-21(9-10-26-29)17-11-18(24)13-19(25)12-17/h3-6,10-13,21H,1,7-9,14H2,2H3. The van der Waals surface area contributed by atoms with Crippen molar-refractivity contribution < 1.29 is 13.6 Å². The molecule has 5 nitrogen and oxygen atoms in total. The Labute approximate surface area is 173 Å². The van der Waals surface area contributed by atoms with Gasteiger partial charge in [0.25, 0.3) is 0 Å². The molecule has 154 valence electrons. The van der Waals surface area contributed by atoms with E-state index < -0.39 is 17.7 Å². The molecule has 0 bridgehead atoms. The number of carbonyl (C=O) groups is 1. The molecular formula is C23H22F2N4O. The molecule has 30 heavy (non-hydrogen) atoms.